The summed E-state index contributed by atoms with van der Waals surface area (Å²) in [4.78, 5) is 22.2. The maximum atomic E-state index is 11.6. The van der Waals surface area contributed by atoms with Crippen LogP contribution in [0.5, 0.6) is 5.75 Å². The van der Waals surface area contributed by atoms with E-state index in [1.807, 2.05) is 0 Å². The van der Waals surface area contributed by atoms with Gasteiger partial charge in [-0.05, 0) is 47.1 Å². The van der Waals surface area contributed by atoms with Crippen molar-refractivity contribution in [3.05, 3.63) is 53.5 Å². The summed E-state index contributed by atoms with van der Waals surface area (Å²) in [6, 6.07) is 8.53. The predicted molar refractivity (Wildman–Crippen MR) is 75.1 cm³/mol. The number of benzene rings is 2. The van der Waals surface area contributed by atoms with Crippen LogP contribution in [0, 0.1) is 4.91 Å². The maximum Gasteiger partial charge on any atom is 0.163 e. The van der Waals surface area contributed by atoms with Crippen LogP contribution in [-0.2, 0) is 0 Å². The second-order valence-electron chi connectivity index (χ2n) is 4.13. The van der Waals surface area contributed by atoms with Gasteiger partial charge in [0.25, 0.3) is 0 Å². The molecule has 96 valence electrons. The molecule has 0 aliphatic heterocycles. The highest BCUT2D eigenvalue weighted by molar-refractivity contribution is 6.02. The van der Waals surface area contributed by atoms with Gasteiger partial charge in [0.15, 0.2) is 5.78 Å². The molecule has 2 aromatic carbocycles. The first-order valence-electron chi connectivity index (χ1n) is 5.81. The van der Waals surface area contributed by atoms with Crippen LogP contribution >= 0.6 is 0 Å². The van der Waals surface area contributed by atoms with Gasteiger partial charge in [-0.1, -0.05) is 18.7 Å². The molecule has 0 atom stereocenters. The number of nitroso groups, excluding NO2 is 1. The van der Waals surface area contributed by atoms with Gasteiger partial charge in [0.2, 0.25) is 0 Å². The molecule has 4 nitrogen and oxygen atoms in total. The van der Waals surface area contributed by atoms with Crippen molar-refractivity contribution in [3.8, 4) is 5.75 Å². The predicted octanol–water partition coefficient (Wildman–Crippen LogP) is 4.01. The Morgan fingerprint density at radius 3 is 2.74 bits per heavy atom. The largest absolute Gasteiger partial charge is 0.489 e. The Morgan fingerprint density at radius 2 is 2.11 bits per heavy atom. The second kappa shape index (κ2) is 5.44. The lowest BCUT2D eigenvalue weighted by Crippen LogP contribution is -2.01. The first-order chi connectivity index (χ1) is 9.15. The van der Waals surface area contributed by atoms with Crippen LogP contribution in [0.2, 0.25) is 0 Å². The molecule has 0 aliphatic rings. The summed E-state index contributed by atoms with van der Waals surface area (Å²) in [5.41, 5.74) is 0.860. The molecular weight excluding hydrogens is 242 g/mol. The zero-order valence-corrected chi connectivity index (χ0v) is 10.6. The van der Waals surface area contributed by atoms with Crippen molar-refractivity contribution < 1.29 is 9.53 Å². The summed E-state index contributed by atoms with van der Waals surface area (Å²) >= 11 is 0. The van der Waals surface area contributed by atoms with E-state index >= 15 is 0 Å². The van der Waals surface area contributed by atoms with Crippen LogP contribution in [0.15, 0.2) is 48.2 Å². The van der Waals surface area contributed by atoms with E-state index in [1.165, 1.54) is 6.92 Å². The third-order valence-electron chi connectivity index (χ3n) is 2.76. The fraction of sp³-hybridized carbons (Fsp3) is 0.133. The average Bonchev–Trinajstić information content (AvgIpc) is 2.43. The summed E-state index contributed by atoms with van der Waals surface area (Å²) in [6.45, 7) is 5.38. The molecule has 0 saturated carbocycles. The molecule has 2 aromatic rings. The zero-order chi connectivity index (χ0) is 13.8. The molecule has 0 heterocycles. The summed E-state index contributed by atoms with van der Waals surface area (Å²) in [5, 5.41) is 4.57. The number of hydrogen-bond donors (Lipinski definition) is 0. The number of Topliss-reactive ketones (excluding diaryl/α,β-unsaturated/α-hetero) is 1. The Balaban J connectivity index is 2.61. The highest BCUT2D eigenvalue weighted by Gasteiger charge is 2.10. The highest BCUT2D eigenvalue weighted by atomic mass is 16.5. The lowest BCUT2D eigenvalue weighted by atomic mass is 10.0. The number of ether oxygens (including phenoxy) is 1. The molecule has 0 radical (unpaired) electrons. The SMILES string of the molecule is C=CCOc1cc2cc(N=O)ccc2cc1C(C)=O. The smallest absolute Gasteiger partial charge is 0.163 e. The molecule has 0 bridgehead atoms. The van der Waals surface area contributed by atoms with Crippen molar-refractivity contribution in [2.24, 2.45) is 5.18 Å². The lowest BCUT2D eigenvalue weighted by Gasteiger charge is -2.10. The Bertz CT molecular complexity index is 662. The van der Waals surface area contributed by atoms with Gasteiger partial charge in [0, 0.05) is 0 Å². The van der Waals surface area contributed by atoms with Crippen molar-refractivity contribution in [1.29, 1.82) is 0 Å². The van der Waals surface area contributed by atoms with Crippen LogP contribution in [-0.4, -0.2) is 12.4 Å². The number of hydrogen-bond acceptors (Lipinski definition) is 4. The van der Waals surface area contributed by atoms with E-state index in [1.54, 1.807) is 36.4 Å². The van der Waals surface area contributed by atoms with Gasteiger partial charge in [-0.3, -0.25) is 4.79 Å². The maximum absolute atomic E-state index is 11.6. The third-order valence-corrected chi connectivity index (χ3v) is 2.76. The van der Waals surface area contributed by atoms with Gasteiger partial charge in [0.1, 0.15) is 18.0 Å². The van der Waals surface area contributed by atoms with Gasteiger partial charge in [-0.15, -0.1) is 4.91 Å². The standard InChI is InChI=1S/C15H13NO3/c1-3-6-19-15-9-12-7-13(16-18)5-4-11(12)8-14(15)10(2)17/h3-5,7-9H,1,6H2,2H3. The molecule has 2 rings (SSSR count). The van der Waals surface area contributed by atoms with Crippen molar-refractivity contribution >= 4 is 22.2 Å². The van der Waals surface area contributed by atoms with E-state index in [0.717, 1.165) is 10.8 Å². The summed E-state index contributed by atoms with van der Waals surface area (Å²) in [6.07, 6.45) is 1.61. The first kappa shape index (κ1) is 13.0. The van der Waals surface area contributed by atoms with Crippen molar-refractivity contribution in [2.75, 3.05) is 6.61 Å². The van der Waals surface area contributed by atoms with Gasteiger partial charge >= 0.3 is 0 Å². The lowest BCUT2D eigenvalue weighted by molar-refractivity contribution is 0.101. The molecule has 0 spiro atoms. The molecule has 0 aromatic heterocycles. The molecule has 0 N–H and O–H groups in total. The molecule has 0 saturated heterocycles. The van der Waals surface area contributed by atoms with E-state index in [4.69, 9.17) is 4.74 Å². The number of carbonyl (C=O) groups is 1. The van der Waals surface area contributed by atoms with E-state index in [2.05, 4.69) is 11.8 Å². The summed E-state index contributed by atoms with van der Waals surface area (Å²) in [5.74, 6) is 0.418. The van der Waals surface area contributed by atoms with E-state index in [9.17, 15) is 9.70 Å². The highest BCUT2D eigenvalue weighted by Crippen LogP contribution is 2.29. The van der Waals surface area contributed by atoms with E-state index in [-0.39, 0.29) is 5.78 Å². The number of carbonyl (C=O) groups excluding carboxylic acids is 1. The quantitative estimate of drug-likeness (QED) is 0.461. The van der Waals surface area contributed by atoms with Crippen LogP contribution in [0.4, 0.5) is 5.69 Å². The molecule has 19 heavy (non-hydrogen) atoms. The van der Waals surface area contributed by atoms with Crippen molar-refractivity contribution in [2.45, 2.75) is 6.92 Å². The Labute approximate surface area is 110 Å². The van der Waals surface area contributed by atoms with E-state index in [0.29, 0.717) is 23.6 Å². The van der Waals surface area contributed by atoms with Crippen molar-refractivity contribution in [3.63, 3.8) is 0 Å². The number of fused-ring (bicyclic) bond motifs is 1. The molecule has 0 aliphatic carbocycles. The average molecular weight is 255 g/mol. The third kappa shape index (κ3) is 2.68. The van der Waals surface area contributed by atoms with Gasteiger partial charge in [0.05, 0.1) is 5.56 Å². The Kier molecular flexibility index (Phi) is 3.71. The number of nitrogens with zero attached hydrogens (tertiary/aromatic N) is 1. The Morgan fingerprint density at radius 1 is 1.32 bits per heavy atom. The normalized spacial score (nSPS) is 10.2. The molecular formula is C15H13NO3. The van der Waals surface area contributed by atoms with Gasteiger partial charge in [-0.25, -0.2) is 0 Å². The molecule has 0 unspecified atom stereocenters. The fourth-order valence-corrected chi connectivity index (χ4v) is 1.86. The van der Waals surface area contributed by atoms with Crippen LogP contribution in [0.1, 0.15) is 17.3 Å². The first-order valence-corrected chi connectivity index (χ1v) is 5.81. The zero-order valence-electron chi connectivity index (χ0n) is 10.6. The molecule has 4 heteroatoms. The van der Waals surface area contributed by atoms with E-state index < -0.39 is 0 Å². The van der Waals surface area contributed by atoms with Crippen LogP contribution in [0.3, 0.4) is 0 Å². The van der Waals surface area contributed by atoms with Gasteiger partial charge < -0.3 is 4.74 Å². The van der Waals surface area contributed by atoms with Crippen LogP contribution in [0.25, 0.3) is 10.8 Å². The monoisotopic (exact) mass is 255 g/mol. The number of ketones is 1. The minimum absolute atomic E-state index is 0.0708. The Hall–Kier alpha value is -2.49. The molecule has 0 fully saturated rings. The topological polar surface area (TPSA) is 55.7 Å². The minimum atomic E-state index is -0.0708. The summed E-state index contributed by atoms with van der Waals surface area (Å²) in [7, 11) is 0. The van der Waals surface area contributed by atoms with Crippen LogP contribution < -0.4 is 4.74 Å². The van der Waals surface area contributed by atoms with Gasteiger partial charge in [-0.2, -0.15) is 0 Å². The number of rotatable bonds is 5. The molecule has 0 amide bonds. The van der Waals surface area contributed by atoms with Crippen molar-refractivity contribution in [1.82, 2.24) is 0 Å². The summed E-state index contributed by atoms with van der Waals surface area (Å²) < 4.78 is 5.48. The second-order valence-corrected chi connectivity index (χ2v) is 4.13. The minimum Gasteiger partial charge on any atom is -0.489 e. The fourth-order valence-electron chi connectivity index (χ4n) is 1.86.